The van der Waals surface area contributed by atoms with Gasteiger partial charge < -0.3 is 4.90 Å². The van der Waals surface area contributed by atoms with E-state index in [2.05, 4.69) is 10.8 Å². The molecule has 39 heavy (non-hydrogen) atoms. The summed E-state index contributed by atoms with van der Waals surface area (Å²) in [4.78, 5) is 33.3. The van der Waals surface area contributed by atoms with Gasteiger partial charge in [-0.3, -0.25) is 14.3 Å². The van der Waals surface area contributed by atoms with Crippen LogP contribution in [0, 0.1) is 6.92 Å². The number of fused-ring (bicyclic) bond motifs is 2. The van der Waals surface area contributed by atoms with Crippen molar-refractivity contribution in [3.8, 4) is 10.6 Å². The van der Waals surface area contributed by atoms with E-state index in [1.54, 1.807) is 58.7 Å². The number of benzene rings is 3. The van der Waals surface area contributed by atoms with Crippen molar-refractivity contribution in [1.29, 1.82) is 0 Å². The van der Waals surface area contributed by atoms with Crippen LogP contribution in [0.5, 0.6) is 0 Å². The number of Topliss-reactive ketones (excluding diaryl/α,β-unsaturated/α-hetero) is 2. The number of thiazole rings is 1. The maximum atomic E-state index is 13.8. The van der Waals surface area contributed by atoms with Crippen LogP contribution in [0.25, 0.3) is 20.8 Å². The average Bonchev–Trinajstić information content (AvgIpc) is 3.15. The number of aromatic nitrogens is 1. The number of nitrogens with zero attached hydrogens (tertiary/aromatic N) is 2. The van der Waals surface area contributed by atoms with Crippen molar-refractivity contribution in [3.05, 3.63) is 94.0 Å². The molecular formula is C30H27N3O4S2. The lowest BCUT2D eigenvalue weighted by Crippen LogP contribution is -2.38. The zero-order valence-electron chi connectivity index (χ0n) is 21.4. The van der Waals surface area contributed by atoms with E-state index in [1.807, 2.05) is 19.1 Å². The first kappa shape index (κ1) is 25.5. The average molecular weight is 558 g/mol. The van der Waals surface area contributed by atoms with Crippen LogP contribution in [0.1, 0.15) is 52.0 Å². The first-order valence-corrected chi connectivity index (χ1v) is 15.3. The minimum Gasteiger partial charge on any atom is -0.367 e. The molecule has 9 heteroatoms. The van der Waals surface area contributed by atoms with Gasteiger partial charge in [0.1, 0.15) is 10.7 Å². The van der Waals surface area contributed by atoms with E-state index in [-0.39, 0.29) is 16.8 Å². The zero-order valence-corrected chi connectivity index (χ0v) is 23.1. The van der Waals surface area contributed by atoms with Crippen molar-refractivity contribution in [2.75, 3.05) is 17.8 Å². The zero-order chi connectivity index (χ0) is 27.1. The van der Waals surface area contributed by atoms with Crippen molar-refractivity contribution in [1.82, 2.24) is 9.88 Å². The van der Waals surface area contributed by atoms with Crippen LogP contribution in [-0.4, -0.2) is 43.0 Å². The molecule has 0 saturated carbocycles. The first-order chi connectivity index (χ1) is 18.8. The fraction of sp³-hybridized carbons (Fsp3) is 0.233. The van der Waals surface area contributed by atoms with E-state index in [0.717, 1.165) is 52.0 Å². The van der Waals surface area contributed by atoms with E-state index >= 15 is 0 Å². The molecule has 6 rings (SSSR count). The van der Waals surface area contributed by atoms with Crippen LogP contribution in [0.15, 0.2) is 77.3 Å². The summed E-state index contributed by atoms with van der Waals surface area (Å²) in [6, 6.07) is 19.4. The molecule has 0 amide bonds. The second kappa shape index (κ2) is 10.1. The van der Waals surface area contributed by atoms with Gasteiger partial charge in [0.2, 0.25) is 11.6 Å². The topological polar surface area (TPSA) is 96.4 Å². The molecule has 198 valence electrons. The summed E-state index contributed by atoms with van der Waals surface area (Å²) >= 11 is 1.57. The molecule has 4 aromatic rings. The van der Waals surface area contributed by atoms with E-state index in [1.165, 1.54) is 6.07 Å². The standard InChI is InChI=1S/C30H27N3O4S2/c1-19-10-15-24-25(18-19)38-30(31-24)20-11-13-21(14-12-20)32-39(36,37)29-26(33-16-6-2-3-7-17-33)27(34)22-8-4-5-9-23(22)28(29)35/h4-5,8-15,18,32H,2-3,6-7,16-17H2,1H3. The predicted molar refractivity (Wildman–Crippen MR) is 155 cm³/mol. The smallest absolute Gasteiger partial charge is 0.268 e. The molecule has 0 radical (unpaired) electrons. The number of sulfonamides is 1. The molecular weight excluding hydrogens is 530 g/mol. The van der Waals surface area contributed by atoms with Crippen molar-refractivity contribution in [2.24, 2.45) is 0 Å². The highest BCUT2D eigenvalue weighted by molar-refractivity contribution is 7.97. The molecule has 2 heterocycles. The number of hydrogen-bond acceptors (Lipinski definition) is 7. The number of ketones is 2. The molecule has 2 aliphatic rings. The normalized spacial score (nSPS) is 16.4. The maximum absolute atomic E-state index is 13.8. The largest absolute Gasteiger partial charge is 0.367 e. The van der Waals surface area contributed by atoms with E-state index in [9.17, 15) is 18.0 Å². The number of aryl methyl sites for hydroxylation is 1. The third-order valence-corrected chi connectivity index (χ3v) is 9.66. The maximum Gasteiger partial charge on any atom is 0.268 e. The van der Waals surface area contributed by atoms with E-state index in [4.69, 9.17) is 4.98 Å². The van der Waals surface area contributed by atoms with E-state index in [0.29, 0.717) is 18.8 Å². The van der Waals surface area contributed by atoms with Gasteiger partial charge in [-0.15, -0.1) is 11.3 Å². The number of hydrogen-bond donors (Lipinski definition) is 1. The molecule has 1 aromatic heterocycles. The van der Waals surface area contributed by atoms with Crippen molar-refractivity contribution >= 4 is 48.8 Å². The molecule has 1 aliphatic heterocycles. The fourth-order valence-electron chi connectivity index (χ4n) is 5.21. The summed E-state index contributed by atoms with van der Waals surface area (Å²) in [5.74, 6) is -1.08. The lowest BCUT2D eigenvalue weighted by Gasteiger charge is -2.30. The highest BCUT2D eigenvalue weighted by atomic mass is 32.2. The first-order valence-electron chi connectivity index (χ1n) is 13.0. The Morgan fingerprint density at radius 1 is 0.846 bits per heavy atom. The van der Waals surface area contributed by atoms with Gasteiger partial charge >= 0.3 is 0 Å². The molecule has 1 saturated heterocycles. The number of carbonyl (C=O) groups excluding carboxylic acids is 2. The lowest BCUT2D eigenvalue weighted by atomic mass is 9.91. The number of likely N-dealkylation sites (tertiary alicyclic amines) is 1. The van der Waals surface area contributed by atoms with Gasteiger partial charge in [0.25, 0.3) is 10.0 Å². The summed E-state index contributed by atoms with van der Waals surface area (Å²) in [6.07, 6.45) is 3.67. The summed E-state index contributed by atoms with van der Waals surface area (Å²) in [5, 5.41) is 0.834. The van der Waals surface area contributed by atoms with Crippen molar-refractivity contribution in [2.45, 2.75) is 32.6 Å². The summed E-state index contributed by atoms with van der Waals surface area (Å²) in [7, 11) is -4.37. The molecule has 1 aliphatic carbocycles. The Kier molecular flexibility index (Phi) is 6.56. The summed E-state index contributed by atoms with van der Waals surface area (Å²) in [5.41, 5.74) is 3.58. The van der Waals surface area contributed by atoms with Gasteiger partial charge in [-0.25, -0.2) is 13.4 Å². The molecule has 0 atom stereocenters. The Bertz CT molecular complexity index is 1750. The Morgan fingerprint density at radius 3 is 2.21 bits per heavy atom. The Hall–Kier alpha value is -3.82. The SMILES string of the molecule is Cc1ccc2nc(-c3ccc(NS(=O)(=O)C4=C(N5CCCCCC5)C(=O)c5ccccc5C4=O)cc3)sc2c1. The van der Waals surface area contributed by atoms with Gasteiger partial charge in [-0.05, 0) is 61.7 Å². The van der Waals surface area contributed by atoms with Gasteiger partial charge in [-0.2, -0.15) is 0 Å². The van der Waals surface area contributed by atoms with Gasteiger partial charge in [0, 0.05) is 35.5 Å². The van der Waals surface area contributed by atoms with Crippen LogP contribution in [0.3, 0.4) is 0 Å². The summed E-state index contributed by atoms with van der Waals surface area (Å²) < 4.78 is 31.2. The molecule has 7 nitrogen and oxygen atoms in total. The second-order valence-corrected chi connectivity index (χ2v) is 12.6. The van der Waals surface area contributed by atoms with Crippen molar-refractivity contribution in [3.63, 3.8) is 0 Å². The molecule has 3 aromatic carbocycles. The number of nitrogens with one attached hydrogen (secondary N) is 1. The third kappa shape index (κ3) is 4.77. The number of allylic oxidation sites excluding steroid dienone is 2. The molecule has 1 fully saturated rings. The van der Waals surface area contributed by atoms with Gasteiger partial charge in [0.05, 0.1) is 10.2 Å². The number of carbonyl (C=O) groups is 2. The summed E-state index contributed by atoms with van der Waals surface area (Å²) in [6.45, 7) is 3.11. The molecule has 0 bridgehead atoms. The highest BCUT2D eigenvalue weighted by Crippen LogP contribution is 2.35. The van der Waals surface area contributed by atoms with Crippen LogP contribution in [0.2, 0.25) is 0 Å². The lowest BCUT2D eigenvalue weighted by molar-refractivity contribution is 0.0947. The van der Waals surface area contributed by atoms with Crippen LogP contribution in [0.4, 0.5) is 5.69 Å². The van der Waals surface area contributed by atoms with Crippen LogP contribution >= 0.6 is 11.3 Å². The predicted octanol–water partition coefficient (Wildman–Crippen LogP) is 6.18. The minimum atomic E-state index is -4.37. The molecule has 0 unspecified atom stereocenters. The van der Waals surface area contributed by atoms with E-state index < -0.39 is 26.5 Å². The molecule has 1 N–H and O–H groups in total. The van der Waals surface area contributed by atoms with Gasteiger partial charge in [0.15, 0.2) is 4.91 Å². The van der Waals surface area contributed by atoms with Crippen LogP contribution < -0.4 is 4.72 Å². The number of rotatable bonds is 5. The number of anilines is 1. The quantitative estimate of drug-likeness (QED) is 0.315. The van der Waals surface area contributed by atoms with Crippen LogP contribution in [-0.2, 0) is 10.0 Å². The highest BCUT2D eigenvalue weighted by Gasteiger charge is 2.41. The monoisotopic (exact) mass is 557 g/mol. The fourth-order valence-corrected chi connectivity index (χ4v) is 7.66. The Balaban J connectivity index is 1.36. The third-order valence-electron chi connectivity index (χ3n) is 7.17. The van der Waals surface area contributed by atoms with Crippen molar-refractivity contribution < 1.29 is 18.0 Å². The molecule has 0 spiro atoms. The second-order valence-electron chi connectivity index (χ2n) is 9.96. The Labute approximate surface area is 231 Å². The Morgan fingerprint density at radius 2 is 1.51 bits per heavy atom. The minimum absolute atomic E-state index is 0.0190. The van der Waals surface area contributed by atoms with Gasteiger partial charge in [-0.1, -0.05) is 43.2 Å².